The predicted octanol–water partition coefficient (Wildman–Crippen LogP) is 1.70. The second-order valence-corrected chi connectivity index (χ2v) is 5.17. The molecule has 108 valence electrons. The van der Waals surface area contributed by atoms with Crippen molar-refractivity contribution in [3.8, 4) is 5.75 Å². The van der Waals surface area contributed by atoms with Gasteiger partial charge in [-0.15, -0.1) is 0 Å². The molecule has 2 rings (SSSR count). The van der Waals surface area contributed by atoms with Gasteiger partial charge in [-0.1, -0.05) is 18.2 Å². The summed E-state index contributed by atoms with van der Waals surface area (Å²) in [6.07, 6.45) is 2.14. The van der Waals surface area contributed by atoms with Gasteiger partial charge in [0.15, 0.2) is 6.61 Å². The molecule has 0 aliphatic heterocycles. The Hall–Kier alpha value is -2.04. The first-order valence-electron chi connectivity index (χ1n) is 6.74. The number of carbonyl (C=O) groups excluding carboxylic acids is 1. The van der Waals surface area contributed by atoms with E-state index in [1.165, 1.54) is 4.90 Å². The van der Waals surface area contributed by atoms with Crippen LogP contribution in [0.1, 0.15) is 18.4 Å². The molecule has 1 N–H and O–H groups in total. The fourth-order valence-corrected chi connectivity index (χ4v) is 1.98. The number of aliphatic carboxylic acids is 1. The van der Waals surface area contributed by atoms with Crippen LogP contribution >= 0.6 is 0 Å². The van der Waals surface area contributed by atoms with Crippen LogP contribution in [0.3, 0.4) is 0 Å². The van der Waals surface area contributed by atoms with Crippen molar-refractivity contribution >= 4 is 11.9 Å². The average molecular weight is 277 g/mol. The Bertz CT molecular complexity index is 496. The van der Waals surface area contributed by atoms with E-state index in [1.807, 2.05) is 25.1 Å². The van der Waals surface area contributed by atoms with Crippen molar-refractivity contribution in [1.82, 2.24) is 4.90 Å². The molecular formula is C15H19NO4. The number of carbonyl (C=O) groups is 2. The van der Waals surface area contributed by atoms with Gasteiger partial charge in [0, 0.05) is 6.54 Å². The molecule has 5 nitrogen and oxygen atoms in total. The van der Waals surface area contributed by atoms with E-state index >= 15 is 0 Å². The number of ether oxygens (including phenoxy) is 1. The van der Waals surface area contributed by atoms with Gasteiger partial charge < -0.3 is 14.7 Å². The maximum Gasteiger partial charge on any atom is 0.323 e. The molecule has 1 fully saturated rings. The number of benzene rings is 1. The summed E-state index contributed by atoms with van der Waals surface area (Å²) < 4.78 is 5.48. The number of aryl methyl sites for hydroxylation is 1. The molecule has 1 aromatic rings. The fraction of sp³-hybridized carbons (Fsp3) is 0.467. The van der Waals surface area contributed by atoms with Crippen molar-refractivity contribution < 1.29 is 19.4 Å². The van der Waals surface area contributed by atoms with Crippen LogP contribution in [0.4, 0.5) is 0 Å². The SMILES string of the molecule is Cc1ccccc1OCC(=O)N(CC(=O)O)CC1CC1. The lowest BCUT2D eigenvalue weighted by molar-refractivity contribution is -0.145. The predicted molar refractivity (Wildman–Crippen MR) is 73.6 cm³/mol. The molecule has 1 aliphatic rings. The van der Waals surface area contributed by atoms with Crippen LogP contribution in [-0.2, 0) is 9.59 Å². The Morgan fingerprint density at radius 1 is 1.35 bits per heavy atom. The second kappa shape index (κ2) is 6.41. The molecule has 0 radical (unpaired) electrons. The van der Waals surface area contributed by atoms with Crippen LogP contribution in [0.25, 0.3) is 0 Å². The standard InChI is InChI=1S/C15H19NO4/c1-11-4-2-3-5-13(11)20-10-14(17)16(9-15(18)19)8-12-6-7-12/h2-5,12H,6-10H2,1H3,(H,18,19). The third-order valence-electron chi connectivity index (χ3n) is 3.30. The van der Waals surface area contributed by atoms with E-state index in [0.717, 1.165) is 18.4 Å². The van der Waals surface area contributed by atoms with Gasteiger partial charge >= 0.3 is 5.97 Å². The van der Waals surface area contributed by atoms with Gasteiger partial charge in [0.05, 0.1) is 0 Å². The van der Waals surface area contributed by atoms with Crippen molar-refractivity contribution in [1.29, 1.82) is 0 Å². The summed E-state index contributed by atoms with van der Waals surface area (Å²) in [5, 5.41) is 8.86. The van der Waals surface area contributed by atoms with Crippen LogP contribution in [0.2, 0.25) is 0 Å². The molecule has 1 amide bonds. The van der Waals surface area contributed by atoms with Gasteiger partial charge in [0.1, 0.15) is 12.3 Å². The number of carboxylic acids is 1. The summed E-state index contributed by atoms with van der Waals surface area (Å²) >= 11 is 0. The molecule has 0 saturated heterocycles. The number of hydrogen-bond acceptors (Lipinski definition) is 3. The van der Waals surface area contributed by atoms with Gasteiger partial charge in [-0.25, -0.2) is 0 Å². The molecule has 1 saturated carbocycles. The van der Waals surface area contributed by atoms with Gasteiger partial charge in [-0.3, -0.25) is 9.59 Å². The first-order chi connectivity index (χ1) is 9.56. The molecule has 1 aromatic carbocycles. The van der Waals surface area contributed by atoms with Gasteiger partial charge in [0.25, 0.3) is 5.91 Å². The number of nitrogens with zero attached hydrogens (tertiary/aromatic N) is 1. The number of carboxylic acid groups (broad SMARTS) is 1. The zero-order valence-electron chi connectivity index (χ0n) is 11.5. The highest BCUT2D eigenvalue weighted by molar-refractivity contribution is 5.82. The van der Waals surface area contributed by atoms with E-state index in [0.29, 0.717) is 18.2 Å². The van der Waals surface area contributed by atoms with E-state index in [2.05, 4.69) is 0 Å². The lowest BCUT2D eigenvalue weighted by Crippen LogP contribution is -2.40. The molecular weight excluding hydrogens is 258 g/mol. The molecule has 0 spiro atoms. The average Bonchev–Trinajstić information content (AvgIpc) is 3.20. The lowest BCUT2D eigenvalue weighted by Gasteiger charge is -2.20. The summed E-state index contributed by atoms with van der Waals surface area (Å²) in [7, 11) is 0. The third kappa shape index (κ3) is 4.26. The lowest BCUT2D eigenvalue weighted by atomic mass is 10.2. The third-order valence-corrected chi connectivity index (χ3v) is 3.30. The first kappa shape index (κ1) is 14.4. The summed E-state index contributed by atoms with van der Waals surface area (Å²) in [6.45, 7) is 2.04. The Morgan fingerprint density at radius 2 is 2.05 bits per heavy atom. The minimum atomic E-state index is -0.991. The number of amides is 1. The minimum Gasteiger partial charge on any atom is -0.484 e. The first-order valence-corrected chi connectivity index (χ1v) is 6.74. The van der Waals surface area contributed by atoms with Crippen LogP contribution < -0.4 is 4.74 Å². The Kier molecular flexibility index (Phi) is 4.61. The van der Waals surface area contributed by atoms with E-state index in [4.69, 9.17) is 9.84 Å². The molecule has 0 bridgehead atoms. The number of para-hydroxylation sites is 1. The van der Waals surface area contributed by atoms with E-state index in [-0.39, 0.29) is 19.1 Å². The monoisotopic (exact) mass is 277 g/mol. The number of rotatable bonds is 7. The van der Waals surface area contributed by atoms with Crippen molar-refractivity contribution in [3.63, 3.8) is 0 Å². The zero-order chi connectivity index (χ0) is 14.5. The molecule has 1 aliphatic carbocycles. The second-order valence-electron chi connectivity index (χ2n) is 5.17. The van der Waals surface area contributed by atoms with Gasteiger partial charge in [0.2, 0.25) is 0 Å². The van der Waals surface area contributed by atoms with Crippen LogP contribution in [0.5, 0.6) is 5.75 Å². The summed E-state index contributed by atoms with van der Waals surface area (Å²) in [5.41, 5.74) is 0.951. The molecule has 0 unspecified atom stereocenters. The highest BCUT2D eigenvalue weighted by Crippen LogP contribution is 2.29. The highest BCUT2D eigenvalue weighted by Gasteiger charge is 2.28. The van der Waals surface area contributed by atoms with Crippen molar-refractivity contribution in [3.05, 3.63) is 29.8 Å². The maximum atomic E-state index is 12.1. The van der Waals surface area contributed by atoms with Crippen molar-refractivity contribution in [2.24, 2.45) is 5.92 Å². The van der Waals surface area contributed by atoms with E-state index in [1.54, 1.807) is 6.07 Å². The van der Waals surface area contributed by atoms with Gasteiger partial charge in [-0.05, 0) is 37.3 Å². The van der Waals surface area contributed by atoms with Gasteiger partial charge in [-0.2, -0.15) is 0 Å². The smallest absolute Gasteiger partial charge is 0.323 e. The van der Waals surface area contributed by atoms with Crippen molar-refractivity contribution in [2.75, 3.05) is 19.7 Å². The topological polar surface area (TPSA) is 66.8 Å². The normalized spacial score (nSPS) is 13.8. The Labute approximate surface area is 118 Å². The Balaban J connectivity index is 1.90. The largest absolute Gasteiger partial charge is 0.484 e. The van der Waals surface area contributed by atoms with E-state index < -0.39 is 5.97 Å². The molecule has 20 heavy (non-hydrogen) atoms. The fourth-order valence-electron chi connectivity index (χ4n) is 1.98. The molecule has 0 aromatic heterocycles. The highest BCUT2D eigenvalue weighted by atomic mass is 16.5. The molecule has 0 atom stereocenters. The van der Waals surface area contributed by atoms with Crippen LogP contribution in [0.15, 0.2) is 24.3 Å². The van der Waals surface area contributed by atoms with Crippen LogP contribution in [0, 0.1) is 12.8 Å². The summed E-state index contributed by atoms with van der Waals surface area (Å²) in [6, 6.07) is 7.43. The van der Waals surface area contributed by atoms with Crippen molar-refractivity contribution in [2.45, 2.75) is 19.8 Å². The molecule has 5 heteroatoms. The minimum absolute atomic E-state index is 0.120. The van der Waals surface area contributed by atoms with Crippen LogP contribution in [-0.4, -0.2) is 41.6 Å². The quantitative estimate of drug-likeness (QED) is 0.823. The summed E-state index contributed by atoms with van der Waals surface area (Å²) in [4.78, 5) is 24.2. The van der Waals surface area contributed by atoms with E-state index in [9.17, 15) is 9.59 Å². The molecule has 0 heterocycles. The number of hydrogen-bond donors (Lipinski definition) is 1. The Morgan fingerprint density at radius 3 is 2.65 bits per heavy atom. The summed E-state index contributed by atoms with van der Waals surface area (Å²) in [5.74, 6) is -0.156. The zero-order valence-corrected chi connectivity index (χ0v) is 11.5. The maximum absolute atomic E-state index is 12.1.